The van der Waals surface area contributed by atoms with Crippen molar-refractivity contribution in [2.24, 2.45) is 0 Å². The van der Waals surface area contributed by atoms with Crippen molar-refractivity contribution in [3.63, 3.8) is 0 Å². The number of aliphatic hydroxyl groups excluding tert-OH is 1. The topological polar surface area (TPSA) is 893 Å². The SMILES string of the molecule is Cc1cn([C@H]2C[C@H](OP(=O)(O)OC[C@H]3O[C@@H](n4cnc5c(=O)[nH]c(N)nc54)C[C@@H]3OP(=O)(O)OC[C@H]3O[C@@H](n4cnc5c(=O)[nH]c(N)nc54)C[C@@H]3OP(=O)(O)OC[C@H]3O[C@@H](n4cnc5c(=O)[nH]c(N)nc54)C[C@@H]3OP(=O)(O)OC[C@H]3O[C@@H](n4cnc5c(N)ncnc54)C[C@@H]3OP(=O)(O)OC[C@H]3O[C@@H](n4cnc5c(=O)[nH]c(N)nc54)C[C@@H]3O)[C@@H](COP(=O)(O)Oc3ccc4ccccc4c3)O2)c(=O)[nH]c1=O. The summed E-state index contributed by atoms with van der Waals surface area (Å²) in [6, 6.07) is 11.4. The van der Waals surface area contributed by atoms with Crippen molar-refractivity contribution in [2.45, 2.75) is 156 Å². The van der Waals surface area contributed by atoms with E-state index in [0.29, 0.717) is 5.39 Å². The van der Waals surface area contributed by atoms with E-state index in [0.717, 1.165) is 55.2 Å². The molecular weight excluding hydrogens is 2000 g/mol. The molecule has 19 rings (SSSR count). The van der Waals surface area contributed by atoms with E-state index in [1.165, 1.54) is 40.8 Å². The number of phosphoric acid groups is 6. The fourth-order valence-electron chi connectivity index (χ4n) is 16.6. The second-order valence-corrected chi connectivity index (χ2v) is 40.7. The Hall–Kier alpha value is -11.5. The molecule has 0 saturated carbocycles. The van der Waals surface area contributed by atoms with Crippen LogP contribution in [0.2, 0.25) is 0 Å². The number of phosphoric ester groups is 6. The number of ether oxygens (including phenoxy) is 6. The van der Waals surface area contributed by atoms with Crippen LogP contribution < -0.4 is 66.7 Å². The number of imidazole rings is 5. The molecule has 0 radical (unpaired) electrons. The van der Waals surface area contributed by atoms with Gasteiger partial charge in [0, 0.05) is 50.3 Å². The number of aryl methyl sites for hydroxylation is 1. The Morgan fingerprint density at radius 1 is 0.364 bits per heavy atom. The number of hydrogen-bond donors (Lipinski definition) is 17. The van der Waals surface area contributed by atoms with E-state index in [4.69, 9.17) is 111 Å². The lowest BCUT2D eigenvalue weighted by Gasteiger charge is -2.26. The molecular formula is C70H81N27O37P6. The highest BCUT2D eigenvalue weighted by atomic mass is 31.2. The van der Waals surface area contributed by atoms with Gasteiger partial charge in [0.2, 0.25) is 23.8 Å². The molecule has 0 bridgehead atoms. The summed E-state index contributed by atoms with van der Waals surface area (Å²) in [4.78, 5) is 204. The zero-order valence-electron chi connectivity index (χ0n) is 71.5. The van der Waals surface area contributed by atoms with Gasteiger partial charge in [0.1, 0.15) is 122 Å². The number of aromatic amines is 5. The van der Waals surface area contributed by atoms with Crippen LogP contribution in [0.1, 0.15) is 81.5 Å². The standard InChI is InChI=1S/C70H81N27O37P6/c1-28-15-92(70(104)91-61(28)99)45-10-33(39(124-45)17-118-135(105,106)129-31-7-6-29-4-2-3-5-30(29)8-31)130-137(109,110)120-19-41-35(12-47(126-41)95-25-80-52-58(95)84-67(73)88-63(52)101)133-139(113,114)122-21-43-37(14-49(128-43)97-27-82-54-60(97)86-69(75)90-65(54)103)134-140(115,116)121-20-42-36(13-48(127-42)96-26-81-53-59(96)85-68(74)89-64(53)102)132-138(111,112)119-18-40-34(11-46(125-40)93-23-78-50-55(71)76-22-77-56(50)93)131-136(107,108)117-16-38-32(98)9-44(123-38)94-24-79-51-57(94)83-66(72)87-62(51)100/h2-8,15,22-27,32-49,98H,9-14,16-21H2,1H3,(H,105,106)(H,107,108)(H,109,110)(H,111,112)(H,113,114)(H,115,116)(H2,71,76,77)(H,91,99,104)(H3,72,83,87,100)(H3,73,84,88,101)(H3,74,85,89,102)(H3,75,86,90,103)/t32-,33-,34-,35-,36-,37-,38+,39+,40+,41+,42+,43+,44+,45+,46+,47+,48+,49+/m0/s1. The lowest BCUT2D eigenvalue weighted by Crippen LogP contribution is -2.33. The van der Waals surface area contributed by atoms with Gasteiger partial charge in [-0.3, -0.25) is 131 Å². The molecule has 140 heavy (non-hydrogen) atoms. The molecule has 6 aliphatic heterocycles. The molecule has 0 aliphatic carbocycles. The molecule has 6 unspecified atom stereocenters. The zero-order valence-corrected chi connectivity index (χ0v) is 76.9. The van der Waals surface area contributed by atoms with Gasteiger partial charge in [0.05, 0.1) is 77.4 Å². The summed E-state index contributed by atoms with van der Waals surface area (Å²) in [5, 5.41) is 12.5. The minimum absolute atomic E-state index is 0.00428. The number of aliphatic hydroxyl groups is 1. The lowest BCUT2D eigenvalue weighted by atomic mass is 10.1. The van der Waals surface area contributed by atoms with E-state index in [2.05, 4.69) is 79.7 Å². The predicted octanol–water partition coefficient (Wildman–Crippen LogP) is 0.0748. The normalized spacial score (nSPS) is 27.7. The number of rotatable bonds is 36. The van der Waals surface area contributed by atoms with Crippen LogP contribution in [0.5, 0.6) is 5.75 Å². The number of nitrogens with one attached hydrogen (secondary N) is 5. The third-order valence-electron chi connectivity index (χ3n) is 23.0. The number of aromatic nitrogens is 22. The van der Waals surface area contributed by atoms with E-state index in [-0.39, 0.29) is 91.7 Å². The monoisotopic (exact) mass is 2080 g/mol. The van der Waals surface area contributed by atoms with Crippen LogP contribution in [0.15, 0.2) is 115 Å². The fourth-order valence-corrected chi connectivity index (χ4v) is 22.2. The molecule has 70 heteroatoms. The smallest absolute Gasteiger partial charge is 0.404 e. The van der Waals surface area contributed by atoms with Gasteiger partial charge in [-0.05, 0) is 29.8 Å². The van der Waals surface area contributed by atoms with Gasteiger partial charge in [0.15, 0.2) is 56.1 Å². The van der Waals surface area contributed by atoms with Crippen LogP contribution >= 0.6 is 46.9 Å². The number of H-pyrrole nitrogens is 5. The van der Waals surface area contributed by atoms with E-state index in [1.54, 1.807) is 30.3 Å². The van der Waals surface area contributed by atoms with Crippen molar-refractivity contribution in [2.75, 3.05) is 68.3 Å². The van der Waals surface area contributed by atoms with Crippen molar-refractivity contribution in [1.82, 2.24) is 107 Å². The highest BCUT2D eigenvalue weighted by molar-refractivity contribution is 7.48. The number of fused-ring (bicyclic) bond motifs is 6. The first kappa shape index (κ1) is 97.4. The van der Waals surface area contributed by atoms with Crippen molar-refractivity contribution in [1.29, 1.82) is 0 Å². The van der Waals surface area contributed by atoms with Crippen molar-refractivity contribution < 1.29 is 145 Å². The average Bonchev–Trinajstić information content (AvgIpc) is 1.64. The van der Waals surface area contributed by atoms with Crippen molar-refractivity contribution in [3.8, 4) is 5.75 Å². The molecule has 748 valence electrons. The molecule has 0 amide bonds. The van der Waals surface area contributed by atoms with Crippen LogP contribution in [0.3, 0.4) is 0 Å². The highest BCUT2D eigenvalue weighted by Crippen LogP contribution is 2.58. The van der Waals surface area contributed by atoms with Gasteiger partial charge in [-0.15, -0.1) is 0 Å². The van der Waals surface area contributed by atoms with Crippen LogP contribution in [0.4, 0.5) is 29.6 Å². The van der Waals surface area contributed by atoms with Gasteiger partial charge < -0.3 is 91.2 Å². The molecule has 6 fully saturated rings. The Balaban J connectivity index is 0.550. The third kappa shape index (κ3) is 20.8. The van der Waals surface area contributed by atoms with Crippen molar-refractivity contribution >= 4 is 143 Å². The maximum absolute atomic E-state index is 14.7. The van der Waals surface area contributed by atoms with Crippen LogP contribution in [0, 0.1) is 6.92 Å². The van der Waals surface area contributed by atoms with Gasteiger partial charge in [-0.1, -0.05) is 30.3 Å². The van der Waals surface area contributed by atoms with E-state index in [9.17, 15) is 90.6 Å². The number of anilines is 5. The molecule has 24 atom stereocenters. The highest BCUT2D eigenvalue weighted by Gasteiger charge is 2.53. The maximum Gasteiger partial charge on any atom is 0.527 e. The molecule has 11 aromatic heterocycles. The number of nitrogen functional groups attached to an aromatic ring is 5. The zero-order chi connectivity index (χ0) is 98.7. The minimum atomic E-state index is -5.72. The molecule has 0 spiro atoms. The number of nitrogens with zero attached hydrogens (tertiary/aromatic N) is 17. The molecule has 64 nitrogen and oxygen atoms in total. The first-order chi connectivity index (χ1) is 66.5. The van der Waals surface area contributed by atoms with E-state index < -0.39 is 274 Å². The number of hydrogen-bond acceptors (Lipinski definition) is 47. The first-order valence-electron chi connectivity index (χ1n) is 41.7. The molecule has 2 aromatic carbocycles. The van der Waals surface area contributed by atoms with Crippen LogP contribution in [0.25, 0.3) is 66.6 Å². The summed E-state index contributed by atoms with van der Waals surface area (Å²) in [7, 11) is -33.1. The molecule has 6 aliphatic rings. The maximum atomic E-state index is 14.7. The van der Waals surface area contributed by atoms with Gasteiger partial charge in [-0.25, -0.2) is 67.1 Å². The summed E-state index contributed by atoms with van der Waals surface area (Å²) in [6.45, 7) is -4.87. The Morgan fingerprint density at radius 3 is 1.04 bits per heavy atom. The van der Waals surface area contributed by atoms with E-state index in [1.807, 2.05) is 0 Å². The van der Waals surface area contributed by atoms with E-state index >= 15 is 0 Å². The second-order valence-electron chi connectivity index (χ2n) is 32.3. The van der Waals surface area contributed by atoms with Crippen molar-refractivity contribution in [3.05, 3.63) is 154 Å². The molecule has 6 saturated heterocycles. The molecule has 13 aromatic rings. The Bertz CT molecular complexity index is 7680. The summed E-state index contributed by atoms with van der Waals surface area (Å²) in [5.41, 5.74) is 23.3. The summed E-state index contributed by atoms with van der Waals surface area (Å²) >= 11 is 0. The number of benzene rings is 2. The first-order valence-corrected chi connectivity index (χ1v) is 50.6. The minimum Gasteiger partial charge on any atom is -0.404 e. The van der Waals surface area contributed by atoms with Gasteiger partial charge in [0.25, 0.3) is 27.8 Å². The van der Waals surface area contributed by atoms with Gasteiger partial charge in [-0.2, -0.15) is 19.9 Å². The Morgan fingerprint density at radius 2 is 0.671 bits per heavy atom. The number of nitrogens with two attached hydrogens (primary N) is 5. The third-order valence-corrected chi connectivity index (χ3v) is 29.0. The lowest BCUT2D eigenvalue weighted by molar-refractivity contribution is -0.0638. The molecule has 22 N–H and O–H groups in total. The molecule has 17 heterocycles. The Labute approximate surface area is 776 Å². The predicted molar refractivity (Wildman–Crippen MR) is 467 cm³/mol. The summed E-state index contributed by atoms with van der Waals surface area (Å²) in [5.74, 6) is -1.64. The van der Waals surface area contributed by atoms with Crippen LogP contribution in [-0.2, 0) is 106 Å². The summed E-state index contributed by atoms with van der Waals surface area (Å²) in [6.07, 6.45) is -23.2. The summed E-state index contributed by atoms with van der Waals surface area (Å²) < 4.78 is 197. The largest absolute Gasteiger partial charge is 0.527 e. The Kier molecular flexibility index (Phi) is 26.5. The quantitative estimate of drug-likeness (QED) is 0.0231. The fraction of sp³-hybridized carbons (Fsp3) is 0.443. The average molecular weight is 2080 g/mol. The second kappa shape index (κ2) is 38.1. The van der Waals surface area contributed by atoms with Gasteiger partial charge >= 0.3 is 52.6 Å². The van der Waals surface area contributed by atoms with Crippen LogP contribution in [-0.4, -0.2) is 255 Å².